The second kappa shape index (κ2) is 5.12. The van der Waals surface area contributed by atoms with Gasteiger partial charge in [-0.05, 0) is 24.0 Å². The van der Waals surface area contributed by atoms with Crippen LogP contribution in [0.15, 0.2) is 24.3 Å². The van der Waals surface area contributed by atoms with E-state index in [2.05, 4.69) is 5.32 Å². The van der Waals surface area contributed by atoms with Crippen LogP contribution in [-0.2, 0) is 17.9 Å². The van der Waals surface area contributed by atoms with Crippen LogP contribution >= 0.6 is 0 Å². The van der Waals surface area contributed by atoms with Crippen LogP contribution < -0.4 is 11.1 Å². The van der Waals surface area contributed by atoms with E-state index in [1.165, 1.54) is 6.42 Å². The molecule has 0 spiro atoms. The zero-order valence-corrected chi connectivity index (χ0v) is 9.41. The number of hydrogen-bond acceptors (Lipinski definition) is 2. The molecule has 0 aromatic heterocycles. The Hall–Kier alpha value is -1.35. The van der Waals surface area contributed by atoms with Crippen molar-refractivity contribution < 1.29 is 4.79 Å². The van der Waals surface area contributed by atoms with E-state index in [0.29, 0.717) is 13.1 Å². The normalized spacial score (nSPS) is 15.6. The maximum atomic E-state index is 11.6. The van der Waals surface area contributed by atoms with Crippen LogP contribution in [0.25, 0.3) is 0 Å². The number of nitrogens with two attached hydrogens (primary N) is 1. The van der Waals surface area contributed by atoms with Gasteiger partial charge in [0.2, 0.25) is 5.91 Å². The van der Waals surface area contributed by atoms with Gasteiger partial charge in [-0.1, -0.05) is 30.7 Å². The molecule has 1 fully saturated rings. The van der Waals surface area contributed by atoms with Crippen LogP contribution in [0.4, 0.5) is 0 Å². The Morgan fingerprint density at radius 3 is 2.38 bits per heavy atom. The number of nitrogens with one attached hydrogen (secondary N) is 1. The molecule has 3 heteroatoms. The van der Waals surface area contributed by atoms with Crippen molar-refractivity contribution >= 4 is 5.91 Å². The van der Waals surface area contributed by atoms with Crippen LogP contribution in [0.2, 0.25) is 0 Å². The largest absolute Gasteiger partial charge is 0.352 e. The number of hydrogen-bond donors (Lipinski definition) is 2. The third-order valence-electron chi connectivity index (χ3n) is 3.20. The fraction of sp³-hybridized carbons (Fsp3) is 0.462. The number of amides is 1. The topological polar surface area (TPSA) is 55.1 Å². The molecule has 0 saturated heterocycles. The van der Waals surface area contributed by atoms with Gasteiger partial charge in [0.05, 0.1) is 0 Å². The molecule has 1 aromatic rings. The van der Waals surface area contributed by atoms with Crippen LogP contribution in [-0.4, -0.2) is 5.91 Å². The molecule has 1 aliphatic rings. The fourth-order valence-corrected chi connectivity index (χ4v) is 1.80. The van der Waals surface area contributed by atoms with E-state index >= 15 is 0 Å². The Kier molecular flexibility index (Phi) is 3.57. The summed E-state index contributed by atoms with van der Waals surface area (Å²) in [5.41, 5.74) is 7.77. The third kappa shape index (κ3) is 2.61. The summed E-state index contributed by atoms with van der Waals surface area (Å²) in [7, 11) is 0. The Morgan fingerprint density at radius 2 is 1.88 bits per heavy atom. The summed E-state index contributed by atoms with van der Waals surface area (Å²) in [5, 5.41) is 2.97. The van der Waals surface area contributed by atoms with Crippen molar-refractivity contribution in [3.63, 3.8) is 0 Å². The molecule has 0 aliphatic heterocycles. The van der Waals surface area contributed by atoms with Gasteiger partial charge < -0.3 is 11.1 Å². The highest BCUT2D eigenvalue weighted by Crippen LogP contribution is 2.26. The maximum absolute atomic E-state index is 11.6. The quantitative estimate of drug-likeness (QED) is 0.805. The lowest BCUT2D eigenvalue weighted by atomic mass is 9.85. The molecule has 86 valence electrons. The average Bonchev–Trinajstić information content (AvgIpc) is 2.25. The van der Waals surface area contributed by atoms with E-state index in [0.717, 1.165) is 24.0 Å². The van der Waals surface area contributed by atoms with Gasteiger partial charge in [0.1, 0.15) is 0 Å². The second-order valence-corrected chi connectivity index (χ2v) is 4.37. The van der Waals surface area contributed by atoms with Gasteiger partial charge >= 0.3 is 0 Å². The van der Waals surface area contributed by atoms with E-state index < -0.39 is 0 Å². The zero-order valence-electron chi connectivity index (χ0n) is 9.41. The van der Waals surface area contributed by atoms with E-state index in [-0.39, 0.29) is 11.8 Å². The van der Waals surface area contributed by atoms with E-state index in [4.69, 9.17) is 5.73 Å². The van der Waals surface area contributed by atoms with Gasteiger partial charge in [-0.15, -0.1) is 0 Å². The van der Waals surface area contributed by atoms with Crippen molar-refractivity contribution in [2.24, 2.45) is 11.7 Å². The smallest absolute Gasteiger partial charge is 0.223 e. The highest BCUT2D eigenvalue weighted by atomic mass is 16.1. The van der Waals surface area contributed by atoms with Gasteiger partial charge in [0, 0.05) is 19.0 Å². The lowest BCUT2D eigenvalue weighted by molar-refractivity contribution is -0.127. The van der Waals surface area contributed by atoms with Crippen molar-refractivity contribution in [2.75, 3.05) is 0 Å². The van der Waals surface area contributed by atoms with Crippen molar-refractivity contribution in [2.45, 2.75) is 32.4 Å². The highest BCUT2D eigenvalue weighted by molar-refractivity contribution is 5.79. The minimum Gasteiger partial charge on any atom is -0.352 e. The van der Waals surface area contributed by atoms with Gasteiger partial charge in [0.15, 0.2) is 0 Å². The molecule has 3 nitrogen and oxygen atoms in total. The first-order chi connectivity index (χ1) is 7.79. The van der Waals surface area contributed by atoms with Crippen LogP contribution in [0.5, 0.6) is 0 Å². The summed E-state index contributed by atoms with van der Waals surface area (Å²) < 4.78 is 0. The molecule has 16 heavy (non-hydrogen) atoms. The summed E-state index contributed by atoms with van der Waals surface area (Å²) in [4.78, 5) is 11.6. The van der Waals surface area contributed by atoms with Gasteiger partial charge in [-0.25, -0.2) is 0 Å². The second-order valence-electron chi connectivity index (χ2n) is 4.37. The number of benzene rings is 1. The number of carbonyl (C=O) groups excluding carboxylic acids is 1. The first kappa shape index (κ1) is 11.1. The Balaban J connectivity index is 1.81. The molecule has 3 N–H and O–H groups in total. The highest BCUT2D eigenvalue weighted by Gasteiger charge is 2.24. The zero-order chi connectivity index (χ0) is 11.4. The molecule has 1 aromatic carbocycles. The Morgan fingerprint density at radius 1 is 1.25 bits per heavy atom. The predicted molar refractivity (Wildman–Crippen MR) is 63.5 cm³/mol. The summed E-state index contributed by atoms with van der Waals surface area (Å²) in [6.07, 6.45) is 3.30. The Bertz CT molecular complexity index is 355. The van der Waals surface area contributed by atoms with Gasteiger partial charge in [0.25, 0.3) is 0 Å². The van der Waals surface area contributed by atoms with Crippen molar-refractivity contribution in [1.82, 2.24) is 5.32 Å². The minimum absolute atomic E-state index is 0.203. The summed E-state index contributed by atoms with van der Waals surface area (Å²) in [6.45, 7) is 1.19. The lowest BCUT2D eigenvalue weighted by Gasteiger charge is -2.24. The number of rotatable bonds is 4. The van der Waals surface area contributed by atoms with Crippen LogP contribution in [0.3, 0.4) is 0 Å². The minimum atomic E-state index is 0.203. The molecule has 0 radical (unpaired) electrons. The van der Waals surface area contributed by atoms with Gasteiger partial charge in [-0.3, -0.25) is 4.79 Å². The molecule has 2 rings (SSSR count). The molecule has 1 aliphatic carbocycles. The van der Waals surface area contributed by atoms with Crippen molar-refractivity contribution in [1.29, 1.82) is 0 Å². The first-order valence-corrected chi connectivity index (χ1v) is 5.85. The molecule has 0 bridgehead atoms. The van der Waals surface area contributed by atoms with Crippen LogP contribution in [0, 0.1) is 5.92 Å². The monoisotopic (exact) mass is 218 g/mol. The predicted octanol–water partition coefficient (Wildman–Crippen LogP) is 1.56. The molecule has 0 unspecified atom stereocenters. The average molecular weight is 218 g/mol. The van der Waals surface area contributed by atoms with E-state index in [1.54, 1.807) is 0 Å². The fourth-order valence-electron chi connectivity index (χ4n) is 1.80. The molecule has 1 saturated carbocycles. The Labute approximate surface area is 96.0 Å². The van der Waals surface area contributed by atoms with Crippen LogP contribution in [0.1, 0.15) is 30.4 Å². The molecule has 0 heterocycles. The summed E-state index contributed by atoms with van der Waals surface area (Å²) in [6, 6.07) is 8.04. The maximum Gasteiger partial charge on any atom is 0.223 e. The molecule has 0 atom stereocenters. The molecule has 1 amide bonds. The van der Waals surface area contributed by atoms with E-state index in [9.17, 15) is 4.79 Å². The van der Waals surface area contributed by atoms with Crippen molar-refractivity contribution in [3.05, 3.63) is 35.4 Å². The molecular weight excluding hydrogens is 200 g/mol. The number of carbonyl (C=O) groups is 1. The van der Waals surface area contributed by atoms with Crippen molar-refractivity contribution in [3.8, 4) is 0 Å². The third-order valence-corrected chi connectivity index (χ3v) is 3.20. The standard InChI is InChI=1S/C13H18N2O/c14-8-10-4-6-11(7-5-10)9-15-13(16)12-2-1-3-12/h4-7,12H,1-3,8-9,14H2,(H,15,16). The van der Waals surface area contributed by atoms with E-state index in [1.807, 2.05) is 24.3 Å². The SMILES string of the molecule is NCc1ccc(CNC(=O)C2CCC2)cc1. The molecular formula is C13H18N2O. The first-order valence-electron chi connectivity index (χ1n) is 5.85. The summed E-state index contributed by atoms with van der Waals surface area (Å²) >= 11 is 0. The van der Waals surface area contributed by atoms with Gasteiger partial charge in [-0.2, -0.15) is 0 Å². The summed E-state index contributed by atoms with van der Waals surface area (Å²) in [5.74, 6) is 0.470. The lowest BCUT2D eigenvalue weighted by Crippen LogP contribution is -2.33.